The topological polar surface area (TPSA) is 4.93 Å². The van der Waals surface area contributed by atoms with Crippen LogP contribution in [0, 0.1) is 0 Å². The number of nitrogens with zero attached hydrogens (tertiary/aromatic N) is 1. The summed E-state index contributed by atoms with van der Waals surface area (Å²) in [6, 6.07) is 39.9. The number of fused-ring (bicyclic) bond motifs is 3. The molecule has 0 atom stereocenters. The Morgan fingerprint density at radius 3 is 1.30 bits per heavy atom. The summed E-state index contributed by atoms with van der Waals surface area (Å²) in [4.78, 5) is 0. The third kappa shape index (κ3) is 3.60. The Labute approximate surface area is 202 Å². The molecule has 6 rings (SSSR count). The molecule has 5 aromatic carbocycles. The first-order valence-corrected chi connectivity index (χ1v) is 11.6. The Morgan fingerprint density at radius 1 is 0.424 bits per heavy atom. The van der Waals surface area contributed by atoms with Gasteiger partial charge < -0.3 is 4.57 Å². The van der Waals surface area contributed by atoms with Gasteiger partial charge >= 0.3 is 0 Å². The SMILES string of the molecule is Clc1ccc(-c2ccc3c(c2)c2cc(-c4ccc(Cl)cc4)ccc2n3-c2ccccc2)cc1. The molecule has 0 radical (unpaired) electrons. The number of hydrogen-bond donors (Lipinski definition) is 0. The molecule has 0 bridgehead atoms. The maximum atomic E-state index is 6.12. The van der Waals surface area contributed by atoms with Crippen LogP contribution in [-0.4, -0.2) is 4.57 Å². The van der Waals surface area contributed by atoms with Gasteiger partial charge in [0, 0.05) is 26.5 Å². The van der Waals surface area contributed by atoms with Crippen molar-refractivity contribution >= 4 is 45.0 Å². The van der Waals surface area contributed by atoms with Crippen LogP contribution in [0.1, 0.15) is 0 Å². The Morgan fingerprint density at radius 2 is 0.848 bits per heavy atom. The van der Waals surface area contributed by atoms with Crippen LogP contribution in [0.5, 0.6) is 0 Å². The van der Waals surface area contributed by atoms with Crippen LogP contribution in [0.15, 0.2) is 115 Å². The van der Waals surface area contributed by atoms with Crippen molar-refractivity contribution in [2.45, 2.75) is 0 Å². The number of aromatic nitrogens is 1. The van der Waals surface area contributed by atoms with E-state index < -0.39 is 0 Å². The van der Waals surface area contributed by atoms with Gasteiger partial charge in [0.15, 0.2) is 0 Å². The lowest BCUT2D eigenvalue weighted by Crippen LogP contribution is -1.93. The quantitative estimate of drug-likeness (QED) is 0.246. The lowest BCUT2D eigenvalue weighted by Gasteiger charge is -2.08. The second-order valence-corrected chi connectivity index (χ2v) is 9.02. The van der Waals surface area contributed by atoms with Crippen molar-refractivity contribution in [3.63, 3.8) is 0 Å². The van der Waals surface area contributed by atoms with Crippen molar-refractivity contribution in [2.75, 3.05) is 0 Å². The summed E-state index contributed by atoms with van der Waals surface area (Å²) in [5.41, 5.74) is 8.15. The lowest BCUT2D eigenvalue weighted by molar-refractivity contribution is 1.18. The first-order chi connectivity index (χ1) is 16.2. The fourth-order valence-electron chi connectivity index (χ4n) is 4.52. The molecule has 0 unspecified atom stereocenters. The van der Waals surface area contributed by atoms with Crippen molar-refractivity contribution in [1.29, 1.82) is 0 Å². The molecule has 0 aliphatic rings. The first kappa shape index (κ1) is 20.1. The minimum Gasteiger partial charge on any atom is -0.309 e. The normalized spacial score (nSPS) is 11.3. The second kappa shape index (κ2) is 8.12. The highest BCUT2D eigenvalue weighted by atomic mass is 35.5. The van der Waals surface area contributed by atoms with Gasteiger partial charge in [0.25, 0.3) is 0 Å². The van der Waals surface area contributed by atoms with Gasteiger partial charge in [-0.2, -0.15) is 0 Å². The molecular formula is C30H19Cl2N. The molecule has 0 amide bonds. The highest BCUT2D eigenvalue weighted by molar-refractivity contribution is 6.31. The third-order valence-corrected chi connectivity index (χ3v) is 6.64. The van der Waals surface area contributed by atoms with Crippen molar-refractivity contribution < 1.29 is 0 Å². The van der Waals surface area contributed by atoms with Crippen LogP contribution in [0.4, 0.5) is 0 Å². The van der Waals surface area contributed by atoms with Crippen molar-refractivity contribution in [1.82, 2.24) is 4.57 Å². The third-order valence-electron chi connectivity index (χ3n) is 6.13. The van der Waals surface area contributed by atoms with Gasteiger partial charge in [-0.25, -0.2) is 0 Å². The molecule has 3 heteroatoms. The van der Waals surface area contributed by atoms with Crippen LogP contribution < -0.4 is 0 Å². The van der Waals surface area contributed by atoms with E-state index in [1.54, 1.807) is 0 Å². The minimum absolute atomic E-state index is 0.744. The van der Waals surface area contributed by atoms with E-state index in [9.17, 15) is 0 Å². The average molecular weight is 464 g/mol. The summed E-state index contributed by atoms with van der Waals surface area (Å²) >= 11 is 12.2. The van der Waals surface area contributed by atoms with E-state index in [2.05, 4.69) is 95.6 Å². The molecule has 0 spiro atoms. The molecule has 6 aromatic rings. The van der Waals surface area contributed by atoms with Crippen LogP contribution in [0.3, 0.4) is 0 Å². The van der Waals surface area contributed by atoms with E-state index in [1.807, 2.05) is 24.3 Å². The fraction of sp³-hybridized carbons (Fsp3) is 0. The molecule has 0 saturated heterocycles. The molecule has 0 saturated carbocycles. The van der Waals surface area contributed by atoms with E-state index in [0.29, 0.717) is 0 Å². The zero-order valence-corrected chi connectivity index (χ0v) is 19.2. The summed E-state index contributed by atoms with van der Waals surface area (Å²) < 4.78 is 2.34. The smallest absolute Gasteiger partial charge is 0.0541 e. The summed E-state index contributed by atoms with van der Waals surface area (Å²) in [6.07, 6.45) is 0. The van der Waals surface area contributed by atoms with Gasteiger partial charge in [-0.1, -0.05) is 77.8 Å². The fourth-order valence-corrected chi connectivity index (χ4v) is 4.77. The standard InChI is InChI=1S/C30H19Cl2N/c31-24-12-6-20(7-13-24)22-10-16-29-27(18-22)28-19-23(21-8-14-25(32)15-9-21)11-17-30(28)33(29)26-4-2-1-3-5-26/h1-19H. The molecule has 33 heavy (non-hydrogen) atoms. The first-order valence-electron chi connectivity index (χ1n) is 10.8. The highest BCUT2D eigenvalue weighted by Gasteiger charge is 2.14. The molecule has 0 aliphatic carbocycles. The van der Waals surface area contributed by atoms with Gasteiger partial charge in [-0.15, -0.1) is 0 Å². The molecule has 1 nitrogen and oxygen atoms in total. The summed E-state index contributed by atoms with van der Waals surface area (Å²) in [7, 11) is 0. The van der Waals surface area contributed by atoms with Crippen LogP contribution in [-0.2, 0) is 0 Å². The van der Waals surface area contributed by atoms with Gasteiger partial charge in [0.1, 0.15) is 0 Å². The van der Waals surface area contributed by atoms with E-state index in [-0.39, 0.29) is 0 Å². The summed E-state index contributed by atoms with van der Waals surface area (Å²) in [5, 5.41) is 3.93. The number of rotatable bonds is 3. The van der Waals surface area contributed by atoms with E-state index in [4.69, 9.17) is 23.2 Å². The van der Waals surface area contributed by atoms with Crippen molar-refractivity contribution in [3.8, 4) is 27.9 Å². The summed E-state index contributed by atoms with van der Waals surface area (Å²) in [5.74, 6) is 0. The predicted molar refractivity (Wildman–Crippen MR) is 142 cm³/mol. The average Bonchev–Trinajstić information content (AvgIpc) is 3.18. The zero-order chi connectivity index (χ0) is 22.4. The molecule has 1 aromatic heterocycles. The Bertz CT molecular complexity index is 1490. The van der Waals surface area contributed by atoms with Crippen LogP contribution in [0.2, 0.25) is 10.0 Å². The van der Waals surface area contributed by atoms with E-state index in [0.717, 1.165) is 26.9 Å². The molecular weight excluding hydrogens is 445 g/mol. The van der Waals surface area contributed by atoms with E-state index in [1.165, 1.54) is 32.9 Å². The van der Waals surface area contributed by atoms with Gasteiger partial charge in [-0.3, -0.25) is 0 Å². The molecule has 0 aliphatic heterocycles. The van der Waals surface area contributed by atoms with E-state index >= 15 is 0 Å². The number of benzene rings is 5. The maximum absolute atomic E-state index is 6.12. The van der Waals surface area contributed by atoms with Crippen LogP contribution in [0.25, 0.3) is 49.7 Å². The molecule has 0 N–H and O–H groups in total. The molecule has 158 valence electrons. The largest absolute Gasteiger partial charge is 0.309 e. The van der Waals surface area contributed by atoms with Crippen molar-refractivity contribution in [2.24, 2.45) is 0 Å². The Hall–Kier alpha value is -3.52. The Kier molecular flexibility index (Phi) is 4.95. The number of para-hydroxylation sites is 1. The maximum Gasteiger partial charge on any atom is 0.0541 e. The second-order valence-electron chi connectivity index (χ2n) is 8.15. The zero-order valence-electron chi connectivity index (χ0n) is 17.7. The molecule has 1 heterocycles. The predicted octanol–water partition coefficient (Wildman–Crippen LogP) is 9.42. The monoisotopic (exact) mass is 463 g/mol. The van der Waals surface area contributed by atoms with Crippen molar-refractivity contribution in [3.05, 3.63) is 125 Å². The minimum atomic E-state index is 0.744. The van der Waals surface area contributed by atoms with Gasteiger partial charge in [-0.05, 0) is 82.9 Å². The Balaban J connectivity index is 1.64. The van der Waals surface area contributed by atoms with Gasteiger partial charge in [0.2, 0.25) is 0 Å². The highest BCUT2D eigenvalue weighted by Crippen LogP contribution is 2.37. The number of halogens is 2. The number of hydrogen-bond acceptors (Lipinski definition) is 0. The molecule has 0 fully saturated rings. The van der Waals surface area contributed by atoms with Gasteiger partial charge in [0.05, 0.1) is 11.0 Å². The lowest BCUT2D eigenvalue weighted by atomic mass is 10.0. The van der Waals surface area contributed by atoms with Crippen LogP contribution >= 0.6 is 23.2 Å². The summed E-state index contributed by atoms with van der Waals surface area (Å²) in [6.45, 7) is 0.